The van der Waals surface area contributed by atoms with Crippen LogP contribution in [0, 0.1) is 0 Å². The quantitative estimate of drug-likeness (QED) is 0.580. The molecule has 0 radical (unpaired) electrons. The number of aromatic amines is 1. The maximum Gasteiger partial charge on any atom is 0.295 e. The van der Waals surface area contributed by atoms with Crippen molar-refractivity contribution in [2.75, 3.05) is 18.4 Å². The standard InChI is InChI=1S/C17H15N7O2/c25-16(13-6-5-12-15(19-13)22-23-21-12)24-8-7-10(9-24)18-17-20-11-3-1-2-4-14(11)26-17/h1-6,10H,7-9H2,(H,18,20)(H,19,21,22,23). The summed E-state index contributed by atoms with van der Waals surface area (Å²) in [5, 5.41) is 13.6. The van der Waals surface area contributed by atoms with Gasteiger partial charge in [-0.15, -0.1) is 5.10 Å². The van der Waals surface area contributed by atoms with Gasteiger partial charge in [0.15, 0.2) is 5.58 Å². The molecule has 1 fully saturated rings. The molecule has 4 aromatic rings. The highest BCUT2D eigenvalue weighted by Crippen LogP contribution is 2.22. The number of H-pyrrole nitrogens is 1. The highest BCUT2D eigenvalue weighted by Gasteiger charge is 2.28. The van der Waals surface area contributed by atoms with E-state index in [2.05, 4.69) is 30.7 Å². The number of benzene rings is 1. The number of aromatic nitrogens is 5. The highest BCUT2D eigenvalue weighted by atomic mass is 16.4. The van der Waals surface area contributed by atoms with Gasteiger partial charge in [-0.25, -0.2) is 4.98 Å². The Labute approximate surface area is 147 Å². The SMILES string of the molecule is O=C(c1ccc2n[nH]nc2n1)N1CCC(Nc2nc3ccccc3o2)C1. The van der Waals surface area contributed by atoms with E-state index in [0.717, 1.165) is 17.5 Å². The van der Waals surface area contributed by atoms with Gasteiger partial charge in [0, 0.05) is 19.1 Å². The van der Waals surface area contributed by atoms with Crippen LogP contribution in [0.25, 0.3) is 22.3 Å². The third-order valence-electron chi connectivity index (χ3n) is 4.50. The van der Waals surface area contributed by atoms with Gasteiger partial charge in [-0.2, -0.15) is 15.3 Å². The molecule has 1 amide bonds. The van der Waals surface area contributed by atoms with E-state index in [1.807, 2.05) is 24.3 Å². The summed E-state index contributed by atoms with van der Waals surface area (Å²) in [7, 11) is 0. The molecule has 26 heavy (non-hydrogen) atoms. The van der Waals surface area contributed by atoms with Gasteiger partial charge in [-0.1, -0.05) is 12.1 Å². The average molecular weight is 349 g/mol. The van der Waals surface area contributed by atoms with E-state index in [4.69, 9.17) is 4.42 Å². The number of para-hydroxylation sites is 2. The normalized spacial score (nSPS) is 17.2. The molecule has 0 aliphatic carbocycles. The van der Waals surface area contributed by atoms with Gasteiger partial charge in [0.1, 0.15) is 16.7 Å². The molecule has 0 bridgehead atoms. The molecule has 1 aliphatic rings. The Morgan fingerprint density at radius 3 is 3.00 bits per heavy atom. The van der Waals surface area contributed by atoms with Gasteiger partial charge >= 0.3 is 0 Å². The maximum absolute atomic E-state index is 12.7. The molecule has 2 N–H and O–H groups in total. The molecule has 5 rings (SSSR count). The number of anilines is 1. The van der Waals surface area contributed by atoms with Crippen LogP contribution in [0.15, 0.2) is 40.8 Å². The molecule has 9 heteroatoms. The minimum atomic E-state index is -0.114. The third kappa shape index (κ3) is 2.53. The summed E-state index contributed by atoms with van der Waals surface area (Å²) < 4.78 is 5.69. The lowest BCUT2D eigenvalue weighted by molar-refractivity contribution is 0.0786. The molecule has 4 heterocycles. The summed E-state index contributed by atoms with van der Waals surface area (Å²) in [6, 6.07) is 11.6. The van der Waals surface area contributed by atoms with Crippen LogP contribution in [0.4, 0.5) is 6.01 Å². The summed E-state index contributed by atoms with van der Waals surface area (Å²) in [6.07, 6.45) is 0.816. The molecule has 1 saturated heterocycles. The van der Waals surface area contributed by atoms with Crippen LogP contribution in [0.5, 0.6) is 0 Å². The lowest BCUT2D eigenvalue weighted by Gasteiger charge is -2.16. The minimum Gasteiger partial charge on any atom is -0.424 e. The zero-order valence-corrected chi connectivity index (χ0v) is 13.7. The number of oxazole rings is 1. The molecule has 9 nitrogen and oxygen atoms in total. The Hall–Kier alpha value is -3.49. The number of fused-ring (bicyclic) bond motifs is 2. The van der Waals surface area contributed by atoms with Crippen molar-refractivity contribution in [2.24, 2.45) is 0 Å². The van der Waals surface area contributed by atoms with E-state index >= 15 is 0 Å². The molecule has 3 aromatic heterocycles. The average Bonchev–Trinajstić information content (AvgIpc) is 3.39. The fraction of sp³-hybridized carbons (Fsp3) is 0.235. The molecule has 1 aliphatic heterocycles. The second kappa shape index (κ2) is 5.80. The molecule has 0 saturated carbocycles. The topological polar surface area (TPSA) is 113 Å². The second-order valence-electron chi connectivity index (χ2n) is 6.23. The summed E-state index contributed by atoms with van der Waals surface area (Å²) >= 11 is 0. The third-order valence-corrected chi connectivity index (χ3v) is 4.50. The number of carbonyl (C=O) groups excluding carboxylic acids is 1. The predicted molar refractivity (Wildman–Crippen MR) is 93.6 cm³/mol. The first-order valence-corrected chi connectivity index (χ1v) is 8.35. The molecule has 1 atom stereocenters. The first-order chi connectivity index (χ1) is 12.8. The number of rotatable bonds is 3. The van der Waals surface area contributed by atoms with E-state index in [0.29, 0.717) is 36.0 Å². The van der Waals surface area contributed by atoms with Crippen molar-refractivity contribution in [3.8, 4) is 0 Å². The summed E-state index contributed by atoms with van der Waals surface area (Å²) in [5.41, 5.74) is 3.00. The van der Waals surface area contributed by atoms with Gasteiger partial charge in [0.25, 0.3) is 11.9 Å². The Bertz CT molecular complexity index is 1070. The van der Waals surface area contributed by atoms with E-state index < -0.39 is 0 Å². The van der Waals surface area contributed by atoms with E-state index in [-0.39, 0.29) is 11.9 Å². The number of hydrogen-bond donors (Lipinski definition) is 2. The monoisotopic (exact) mass is 349 g/mol. The number of nitrogens with one attached hydrogen (secondary N) is 2. The molecular weight excluding hydrogens is 334 g/mol. The number of carbonyl (C=O) groups is 1. The van der Waals surface area contributed by atoms with E-state index in [1.165, 1.54) is 0 Å². The van der Waals surface area contributed by atoms with Gasteiger partial charge in [0.05, 0.1) is 0 Å². The minimum absolute atomic E-state index is 0.0859. The fourth-order valence-electron chi connectivity index (χ4n) is 3.19. The summed E-state index contributed by atoms with van der Waals surface area (Å²) in [6.45, 7) is 1.21. The van der Waals surface area contributed by atoms with Crippen LogP contribution in [0.2, 0.25) is 0 Å². The van der Waals surface area contributed by atoms with Crippen molar-refractivity contribution >= 4 is 34.2 Å². The van der Waals surface area contributed by atoms with Crippen molar-refractivity contribution in [3.63, 3.8) is 0 Å². The smallest absolute Gasteiger partial charge is 0.295 e. The largest absolute Gasteiger partial charge is 0.424 e. The Morgan fingerprint density at radius 2 is 2.08 bits per heavy atom. The van der Waals surface area contributed by atoms with Crippen molar-refractivity contribution in [1.29, 1.82) is 0 Å². The summed E-state index contributed by atoms with van der Waals surface area (Å²) in [5.74, 6) is -0.114. The van der Waals surface area contributed by atoms with Crippen LogP contribution >= 0.6 is 0 Å². The number of nitrogens with zero attached hydrogens (tertiary/aromatic N) is 5. The van der Waals surface area contributed by atoms with Gasteiger partial charge in [-0.3, -0.25) is 4.79 Å². The van der Waals surface area contributed by atoms with Crippen LogP contribution < -0.4 is 5.32 Å². The van der Waals surface area contributed by atoms with Crippen molar-refractivity contribution in [3.05, 3.63) is 42.1 Å². The van der Waals surface area contributed by atoms with Crippen LogP contribution in [-0.2, 0) is 0 Å². The van der Waals surface area contributed by atoms with Gasteiger partial charge in [-0.05, 0) is 30.7 Å². The second-order valence-corrected chi connectivity index (χ2v) is 6.23. The van der Waals surface area contributed by atoms with Crippen LogP contribution in [0.1, 0.15) is 16.9 Å². The van der Waals surface area contributed by atoms with Crippen molar-refractivity contribution in [2.45, 2.75) is 12.5 Å². The van der Waals surface area contributed by atoms with Gasteiger partial charge < -0.3 is 14.6 Å². The van der Waals surface area contributed by atoms with Crippen LogP contribution in [-0.4, -0.2) is 55.3 Å². The first kappa shape index (κ1) is 14.8. The Morgan fingerprint density at radius 1 is 1.15 bits per heavy atom. The number of likely N-dealkylation sites (tertiary alicyclic amines) is 1. The zero-order chi connectivity index (χ0) is 17.5. The van der Waals surface area contributed by atoms with Crippen molar-refractivity contribution < 1.29 is 9.21 Å². The molecule has 0 spiro atoms. The van der Waals surface area contributed by atoms with E-state index in [1.54, 1.807) is 17.0 Å². The Kier molecular flexibility index (Phi) is 3.30. The molecular formula is C17H15N7O2. The molecule has 130 valence electrons. The van der Waals surface area contributed by atoms with E-state index in [9.17, 15) is 4.79 Å². The number of amides is 1. The fourth-order valence-corrected chi connectivity index (χ4v) is 3.19. The van der Waals surface area contributed by atoms with Gasteiger partial charge in [0.2, 0.25) is 5.65 Å². The van der Waals surface area contributed by atoms with Crippen LogP contribution in [0.3, 0.4) is 0 Å². The molecule has 1 unspecified atom stereocenters. The maximum atomic E-state index is 12.7. The highest BCUT2D eigenvalue weighted by molar-refractivity contribution is 5.94. The summed E-state index contributed by atoms with van der Waals surface area (Å²) in [4.78, 5) is 23.2. The molecule has 1 aromatic carbocycles. The number of pyridine rings is 1. The lowest BCUT2D eigenvalue weighted by atomic mass is 10.3. The Balaban J connectivity index is 1.29. The zero-order valence-electron chi connectivity index (χ0n) is 13.7. The first-order valence-electron chi connectivity index (χ1n) is 8.35. The lowest BCUT2D eigenvalue weighted by Crippen LogP contribution is -2.32. The van der Waals surface area contributed by atoms with Crippen molar-refractivity contribution in [1.82, 2.24) is 30.3 Å². The predicted octanol–water partition coefficient (Wildman–Crippen LogP) is 1.82. The number of hydrogen-bond acceptors (Lipinski definition) is 7.